The Hall–Kier alpha value is -1.74. The summed E-state index contributed by atoms with van der Waals surface area (Å²) in [5, 5.41) is 14.6. The summed E-state index contributed by atoms with van der Waals surface area (Å²) in [6.45, 7) is 3.47. The molecule has 1 N–H and O–H groups in total. The Balaban J connectivity index is 2.03. The highest BCUT2D eigenvalue weighted by molar-refractivity contribution is 7.98. The molecule has 0 aliphatic carbocycles. The van der Waals surface area contributed by atoms with Crippen LogP contribution >= 0.6 is 23.4 Å². The number of fused-ring (bicyclic) bond motifs is 1. The van der Waals surface area contributed by atoms with Gasteiger partial charge in [0.1, 0.15) is 5.02 Å². The van der Waals surface area contributed by atoms with Crippen molar-refractivity contribution in [3.05, 3.63) is 11.2 Å². The number of hydrogen-bond donors (Lipinski definition) is 1. The van der Waals surface area contributed by atoms with Crippen LogP contribution in [-0.2, 0) is 0 Å². The number of hydrogen-bond acceptors (Lipinski definition) is 6. The molecule has 0 saturated carbocycles. The maximum absolute atomic E-state index is 11.2. The summed E-state index contributed by atoms with van der Waals surface area (Å²) >= 11 is 7.60. The first-order valence-electron chi connectivity index (χ1n) is 7.25. The van der Waals surface area contributed by atoms with E-state index in [4.69, 9.17) is 11.6 Å². The first kappa shape index (κ1) is 16.1. The molecule has 10 heteroatoms. The Morgan fingerprint density at radius 3 is 2.91 bits per heavy atom. The third-order valence-electron chi connectivity index (χ3n) is 3.95. The highest BCUT2D eigenvalue weighted by atomic mass is 35.5. The first-order valence-corrected chi connectivity index (χ1v) is 8.85. The fourth-order valence-electron chi connectivity index (χ4n) is 2.74. The average molecular weight is 357 g/mol. The predicted octanol–water partition coefficient (Wildman–Crippen LogP) is 2.08. The summed E-state index contributed by atoms with van der Waals surface area (Å²) in [4.78, 5) is 23.7. The van der Waals surface area contributed by atoms with Crippen LogP contribution in [0, 0.1) is 0 Å². The lowest BCUT2D eigenvalue weighted by Gasteiger charge is -2.40. The summed E-state index contributed by atoms with van der Waals surface area (Å²) < 4.78 is 1.63. The maximum atomic E-state index is 11.2. The van der Waals surface area contributed by atoms with Crippen molar-refractivity contribution in [1.82, 2.24) is 24.5 Å². The highest BCUT2D eigenvalue weighted by Crippen LogP contribution is 2.26. The van der Waals surface area contributed by atoms with E-state index in [0.29, 0.717) is 41.4 Å². The van der Waals surface area contributed by atoms with Gasteiger partial charge in [0.15, 0.2) is 10.8 Å². The van der Waals surface area contributed by atoms with Crippen molar-refractivity contribution in [1.29, 1.82) is 0 Å². The Labute approximate surface area is 142 Å². The molecule has 124 valence electrons. The normalized spacial score (nSPS) is 18.7. The van der Waals surface area contributed by atoms with Gasteiger partial charge in [-0.05, 0) is 12.7 Å². The number of amides is 1. The van der Waals surface area contributed by atoms with Crippen LogP contribution in [0.25, 0.3) is 5.65 Å². The average Bonchev–Trinajstić information content (AvgIpc) is 2.94. The van der Waals surface area contributed by atoms with Gasteiger partial charge in [0.25, 0.3) is 0 Å². The van der Waals surface area contributed by atoms with Gasteiger partial charge >= 0.3 is 6.09 Å². The van der Waals surface area contributed by atoms with Crippen LogP contribution in [-0.4, -0.2) is 67.6 Å². The van der Waals surface area contributed by atoms with Crippen LogP contribution in [0.5, 0.6) is 0 Å². The van der Waals surface area contributed by atoms with Crippen molar-refractivity contribution >= 4 is 41.1 Å². The van der Waals surface area contributed by atoms with Crippen molar-refractivity contribution in [3.8, 4) is 0 Å². The van der Waals surface area contributed by atoms with Crippen molar-refractivity contribution in [2.45, 2.75) is 24.5 Å². The van der Waals surface area contributed by atoms with Gasteiger partial charge in [-0.25, -0.2) is 9.78 Å². The number of thioether (sulfide) groups is 1. The van der Waals surface area contributed by atoms with Crippen LogP contribution in [0.4, 0.5) is 10.7 Å². The number of halogens is 1. The van der Waals surface area contributed by atoms with Crippen LogP contribution in [0.2, 0.25) is 5.02 Å². The second-order valence-corrected chi connectivity index (χ2v) is 6.40. The number of aromatic nitrogens is 4. The van der Waals surface area contributed by atoms with Gasteiger partial charge in [-0.3, -0.25) is 0 Å². The number of rotatable bonds is 3. The summed E-state index contributed by atoms with van der Waals surface area (Å²) in [5.41, 5.74) is 0.566. The molecule has 23 heavy (non-hydrogen) atoms. The van der Waals surface area contributed by atoms with E-state index < -0.39 is 6.09 Å². The molecule has 1 amide bonds. The predicted molar refractivity (Wildman–Crippen MR) is 88.6 cm³/mol. The molecule has 1 fully saturated rings. The topological polar surface area (TPSA) is 86.9 Å². The first-order chi connectivity index (χ1) is 11.0. The molecule has 0 unspecified atom stereocenters. The molecule has 0 aromatic carbocycles. The third-order valence-corrected chi connectivity index (χ3v) is 4.77. The molecule has 2 aromatic heterocycles. The Kier molecular flexibility index (Phi) is 4.49. The molecule has 2 aromatic rings. The molecule has 1 saturated heterocycles. The van der Waals surface area contributed by atoms with E-state index >= 15 is 0 Å². The van der Waals surface area contributed by atoms with Gasteiger partial charge in [-0.15, -0.1) is 0 Å². The third kappa shape index (κ3) is 2.90. The lowest BCUT2D eigenvalue weighted by atomic mass is 10.1. The van der Waals surface area contributed by atoms with Crippen molar-refractivity contribution in [2.24, 2.45) is 0 Å². The summed E-state index contributed by atoms with van der Waals surface area (Å²) in [6, 6.07) is 0.0376. The lowest BCUT2D eigenvalue weighted by molar-refractivity contribution is 0.134. The minimum atomic E-state index is -0.886. The standard InChI is InChI=1S/C13H17ClN6O2S/c1-3-8-7-18(13(21)22)4-5-19(8)12-17-11(23-2)16-10-9(14)6-15-20(10)12/h6,8H,3-5,7H2,1-2H3,(H,21,22)/t8-/m0/s1. The molecule has 3 heterocycles. The van der Waals surface area contributed by atoms with E-state index in [2.05, 4.69) is 20.0 Å². The number of piperazine rings is 1. The van der Waals surface area contributed by atoms with Crippen molar-refractivity contribution < 1.29 is 9.90 Å². The van der Waals surface area contributed by atoms with E-state index in [1.54, 1.807) is 10.7 Å². The number of carbonyl (C=O) groups is 1. The smallest absolute Gasteiger partial charge is 0.407 e. The second kappa shape index (κ2) is 6.40. The van der Waals surface area contributed by atoms with E-state index in [1.807, 2.05) is 13.2 Å². The fraction of sp³-hybridized carbons (Fsp3) is 0.538. The van der Waals surface area contributed by atoms with Gasteiger partial charge in [0, 0.05) is 25.7 Å². The zero-order chi connectivity index (χ0) is 16.6. The maximum Gasteiger partial charge on any atom is 0.407 e. The monoisotopic (exact) mass is 356 g/mol. The molecule has 0 radical (unpaired) electrons. The molecule has 0 spiro atoms. The quantitative estimate of drug-likeness (QED) is 0.842. The van der Waals surface area contributed by atoms with Crippen LogP contribution in [0.1, 0.15) is 13.3 Å². The minimum absolute atomic E-state index is 0.0376. The van der Waals surface area contributed by atoms with E-state index in [1.165, 1.54) is 16.7 Å². The van der Waals surface area contributed by atoms with Crippen LogP contribution in [0.3, 0.4) is 0 Å². The molecular formula is C13H17ClN6O2S. The highest BCUT2D eigenvalue weighted by Gasteiger charge is 2.31. The number of anilines is 1. The summed E-state index contributed by atoms with van der Waals surface area (Å²) in [5.74, 6) is 0.656. The molecule has 8 nitrogen and oxygen atoms in total. The molecule has 1 aliphatic heterocycles. The van der Waals surface area contributed by atoms with Crippen molar-refractivity contribution in [3.63, 3.8) is 0 Å². The van der Waals surface area contributed by atoms with Gasteiger partial charge in [-0.1, -0.05) is 30.3 Å². The SMILES string of the molecule is CC[C@H]1CN(C(=O)O)CCN1c1nc(SC)nc2c(Cl)cnn12. The summed E-state index contributed by atoms with van der Waals surface area (Å²) in [6.07, 6.45) is 3.37. The zero-order valence-electron chi connectivity index (χ0n) is 12.8. The van der Waals surface area contributed by atoms with E-state index in [9.17, 15) is 9.90 Å². The largest absolute Gasteiger partial charge is 0.465 e. The minimum Gasteiger partial charge on any atom is -0.465 e. The number of carboxylic acid groups (broad SMARTS) is 1. The lowest BCUT2D eigenvalue weighted by Crippen LogP contribution is -2.55. The summed E-state index contributed by atoms with van der Waals surface area (Å²) in [7, 11) is 0. The molecule has 1 aliphatic rings. The van der Waals surface area contributed by atoms with E-state index in [-0.39, 0.29) is 6.04 Å². The van der Waals surface area contributed by atoms with E-state index in [0.717, 1.165) is 6.42 Å². The van der Waals surface area contributed by atoms with Gasteiger partial charge in [0.2, 0.25) is 5.95 Å². The second-order valence-electron chi connectivity index (χ2n) is 5.22. The van der Waals surface area contributed by atoms with Gasteiger partial charge in [0.05, 0.1) is 6.20 Å². The van der Waals surface area contributed by atoms with Crippen molar-refractivity contribution in [2.75, 3.05) is 30.8 Å². The molecule has 1 atom stereocenters. The fourth-order valence-corrected chi connectivity index (χ4v) is 3.25. The van der Waals surface area contributed by atoms with Crippen LogP contribution in [0.15, 0.2) is 11.4 Å². The zero-order valence-corrected chi connectivity index (χ0v) is 14.4. The molecule has 0 bridgehead atoms. The Morgan fingerprint density at radius 2 is 2.26 bits per heavy atom. The van der Waals surface area contributed by atoms with Crippen LogP contribution < -0.4 is 4.90 Å². The number of nitrogens with zero attached hydrogens (tertiary/aromatic N) is 6. The van der Waals surface area contributed by atoms with Gasteiger partial charge < -0.3 is 14.9 Å². The van der Waals surface area contributed by atoms with Gasteiger partial charge in [-0.2, -0.15) is 14.6 Å². The molecular weight excluding hydrogens is 340 g/mol. The molecule has 3 rings (SSSR count). The Morgan fingerprint density at radius 1 is 1.48 bits per heavy atom. The Bertz CT molecular complexity index is 739.